The fraction of sp³-hybridized carbons (Fsp3) is 0.381. The Morgan fingerprint density at radius 3 is 2.70 bits per heavy atom. The number of carbonyl (C=O) groups excluding carboxylic acids is 1. The molecule has 3 rings (SSSR count). The van der Waals surface area contributed by atoms with Gasteiger partial charge >= 0.3 is 0 Å². The van der Waals surface area contributed by atoms with Crippen LogP contribution in [0.15, 0.2) is 53.4 Å². The first-order valence-electron chi connectivity index (χ1n) is 9.73. The van der Waals surface area contributed by atoms with Gasteiger partial charge in [0.15, 0.2) is 6.61 Å². The van der Waals surface area contributed by atoms with E-state index in [1.54, 1.807) is 6.92 Å². The molecule has 2 aromatic rings. The normalized spacial score (nSPS) is 17.5. The van der Waals surface area contributed by atoms with E-state index in [9.17, 15) is 13.2 Å². The summed E-state index contributed by atoms with van der Waals surface area (Å²) in [7, 11) is -3.78. The minimum atomic E-state index is -3.78. The molecule has 0 aromatic heterocycles. The molecule has 1 amide bonds. The van der Waals surface area contributed by atoms with E-state index in [1.165, 1.54) is 18.2 Å². The average Bonchev–Trinajstić information content (AvgIpc) is 3.25. The predicted molar refractivity (Wildman–Crippen MR) is 114 cm³/mol. The predicted octanol–water partition coefficient (Wildman–Crippen LogP) is 3.05. The van der Waals surface area contributed by atoms with Crippen molar-refractivity contribution in [3.8, 4) is 5.75 Å². The van der Waals surface area contributed by atoms with Crippen LogP contribution in [-0.4, -0.2) is 40.2 Å². The van der Waals surface area contributed by atoms with Gasteiger partial charge in [0.2, 0.25) is 10.0 Å². The average molecular weight is 453 g/mol. The van der Waals surface area contributed by atoms with Gasteiger partial charge < -0.3 is 14.8 Å². The summed E-state index contributed by atoms with van der Waals surface area (Å²) in [6.07, 6.45) is 1.98. The van der Waals surface area contributed by atoms with E-state index < -0.39 is 16.1 Å². The Morgan fingerprint density at radius 1 is 1.27 bits per heavy atom. The molecule has 1 fully saturated rings. The largest absolute Gasteiger partial charge is 0.482 e. The summed E-state index contributed by atoms with van der Waals surface area (Å²) in [5.41, 5.74) is 0.848. The standard InChI is InChI=1S/C21H25ClN2O5S/c1-15(16-6-3-2-4-7-16)24-30(26,27)18-9-10-20(19(22)12-18)29-14-21(25)23-13-17-8-5-11-28-17/h2-4,6-7,9-10,12,15,17,24H,5,8,11,13-14H2,1H3,(H,23,25). The van der Waals surface area contributed by atoms with Gasteiger partial charge in [-0.3, -0.25) is 4.79 Å². The van der Waals surface area contributed by atoms with E-state index in [0.717, 1.165) is 25.0 Å². The van der Waals surface area contributed by atoms with Crippen LogP contribution in [-0.2, 0) is 19.6 Å². The Bertz CT molecular complexity index is 963. The van der Waals surface area contributed by atoms with Crippen molar-refractivity contribution in [2.75, 3.05) is 19.8 Å². The number of sulfonamides is 1. The number of benzene rings is 2. The minimum absolute atomic E-state index is 0.0189. The highest BCUT2D eigenvalue weighted by Crippen LogP contribution is 2.28. The van der Waals surface area contributed by atoms with E-state index in [4.69, 9.17) is 21.1 Å². The van der Waals surface area contributed by atoms with Crippen LogP contribution in [0.2, 0.25) is 5.02 Å². The van der Waals surface area contributed by atoms with Crippen molar-refractivity contribution in [2.45, 2.75) is 36.8 Å². The maximum atomic E-state index is 12.7. The second-order valence-corrected chi connectivity index (χ2v) is 9.19. The Balaban J connectivity index is 1.56. The smallest absolute Gasteiger partial charge is 0.258 e. The van der Waals surface area contributed by atoms with E-state index in [0.29, 0.717) is 6.54 Å². The van der Waals surface area contributed by atoms with Gasteiger partial charge in [-0.05, 0) is 43.5 Å². The molecule has 162 valence electrons. The van der Waals surface area contributed by atoms with Crippen molar-refractivity contribution < 1.29 is 22.7 Å². The summed E-state index contributed by atoms with van der Waals surface area (Å²) in [4.78, 5) is 11.9. The first-order chi connectivity index (χ1) is 14.3. The third-order valence-corrected chi connectivity index (χ3v) is 6.59. The highest BCUT2D eigenvalue weighted by molar-refractivity contribution is 7.89. The summed E-state index contributed by atoms with van der Waals surface area (Å²) in [6.45, 7) is 2.71. The Kier molecular flexibility index (Phi) is 7.71. The zero-order chi connectivity index (χ0) is 21.6. The molecule has 30 heavy (non-hydrogen) atoms. The number of amides is 1. The van der Waals surface area contributed by atoms with Crippen molar-refractivity contribution in [3.63, 3.8) is 0 Å². The molecule has 2 aromatic carbocycles. The zero-order valence-electron chi connectivity index (χ0n) is 16.6. The van der Waals surface area contributed by atoms with Crippen molar-refractivity contribution in [1.82, 2.24) is 10.0 Å². The third kappa shape index (κ3) is 6.18. The van der Waals surface area contributed by atoms with Crippen LogP contribution in [0.25, 0.3) is 0 Å². The Hall–Kier alpha value is -2.13. The zero-order valence-corrected chi connectivity index (χ0v) is 18.2. The lowest BCUT2D eigenvalue weighted by Gasteiger charge is -2.15. The Morgan fingerprint density at radius 2 is 2.03 bits per heavy atom. The maximum absolute atomic E-state index is 12.7. The van der Waals surface area contributed by atoms with E-state index >= 15 is 0 Å². The summed E-state index contributed by atoms with van der Waals surface area (Å²) < 4.78 is 38.8. The topological polar surface area (TPSA) is 93.7 Å². The van der Waals surface area contributed by atoms with Gasteiger partial charge in [-0.15, -0.1) is 0 Å². The summed E-state index contributed by atoms with van der Waals surface area (Å²) in [5.74, 6) is -0.0596. The van der Waals surface area contributed by atoms with Crippen LogP contribution < -0.4 is 14.8 Å². The molecule has 9 heteroatoms. The fourth-order valence-electron chi connectivity index (χ4n) is 3.10. The number of nitrogens with one attached hydrogen (secondary N) is 2. The third-order valence-electron chi connectivity index (χ3n) is 4.75. The summed E-state index contributed by atoms with van der Waals surface area (Å²) in [5, 5.41) is 2.86. The second kappa shape index (κ2) is 10.3. The van der Waals surface area contributed by atoms with Crippen LogP contribution in [0, 0.1) is 0 Å². The highest BCUT2D eigenvalue weighted by Gasteiger charge is 2.20. The van der Waals surface area contributed by atoms with Crippen LogP contribution >= 0.6 is 11.6 Å². The van der Waals surface area contributed by atoms with Gasteiger partial charge in [-0.25, -0.2) is 13.1 Å². The molecule has 1 saturated heterocycles. The number of carbonyl (C=O) groups is 1. The molecule has 1 aliphatic heterocycles. The molecule has 0 bridgehead atoms. The summed E-state index contributed by atoms with van der Waals surface area (Å²) in [6, 6.07) is 13.0. The van der Waals surface area contributed by atoms with E-state index in [1.807, 2.05) is 30.3 Å². The lowest BCUT2D eigenvalue weighted by Crippen LogP contribution is -2.35. The van der Waals surface area contributed by atoms with E-state index in [-0.39, 0.29) is 34.3 Å². The van der Waals surface area contributed by atoms with Gasteiger partial charge in [0.05, 0.1) is 16.0 Å². The molecule has 7 nitrogen and oxygen atoms in total. The fourth-order valence-corrected chi connectivity index (χ4v) is 4.66. The highest BCUT2D eigenvalue weighted by atomic mass is 35.5. The molecular formula is C21H25ClN2O5S. The van der Waals surface area contributed by atoms with Gasteiger partial charge in [0.1, 0.15) is 5.75 Å². The monoisotopic (exact) mass is 452 g/mol. The Labute approximate surface area is 181 Å². The van der Waals surface area contributed by atoms with Gasteiger partial charge in [0.25, 0.3) is 5.91 Å². The van der Waals surface area contributed by atoms with Gasteiger partial charge in [-0.2, -0.15) is 0 Å². The van der Waals surface area contributed by atoms with Crippen LogP contribution in [0.5, 0.6) is 5.75 Å². The molecule has 1 aliphatic rings. The van der Waals surface area contributed by atoms with Crippen LogP contribution in [0.1, 0.15) is 31.4 Å². The first kappa shape index (κ1) is 22.6. The second-order valence-electron chi connectivity index (χ2n) is 7.07. The van der Waals surface area contributed by atoms with Crippen molar-refractivity contribution in [2.24, 2.45) is 0 Å². The molecule has 1 heterocycles. The SMILES string of the molecule is CC(NS(=O)(=O)c1ccc(OCC(=O)NCC2CCCO2)c(Cl)c1)c1ccccc1. The molecular weight excluding hydrogens is 428 g/mol. The maximum Gasteiger partial charge on any atom is 0.258 e. The first-order valence-corrected chi connectivity index (χ1v) is 11.6. The van der Waals surface area contributed by atoms with Crippen molar-refractivity contribution >= 4 is 27.5 Å². The quantitative estimate of drug-likeness (QED) is 0.609. The molecule has 0 spiro atoms. The lowest BCUT2D eigenvalue weighted by molar-refractivity contribution is -0.123. The van der Waals surface area contributed by atoms with Crippen LogP contribution in [0.4, 0.5) is 0 Å². The van der Waals surface area contributed by atoms with E-state index in [2.05, 4.69) is 10.0 Å². The van der Waals surface area contributed by atoms with Crippen molar-refractivity contribution in [1.29, 1.82) is 0 Å². The lowest BCUT2D eigenvalue weighted by atomic mass is 10.1. The number of ether oxygens (including phenoxy) is 2. The number of hydrogen-bond acceptors (Lipinski definition) is 5. The van der Waals surface area contributed by atoms with Crippen LogP contribution in [0.3, 0.4) is 0 Å². The molecule has 2 N–H and O–H groups in total. The molecule has 0 radical (unpaired) electrons. The minimum Gasteiger partial charge on any atom is -0.482 e. The van der Waals surface area contributed by atoms with Crippen molar-refractivity contribution in [3.05, 3.63) is 59.1 Å². The molecule has 0 saturated carbocycles. The van der Waals surface area contributed by atoms with Gasteiger partial charge in [0, 0.05) is 19.2 Å². The molecule has 2 atom stereocenters. The number of hydrogen-bond donors (Lipinski definition) is 2. The number of rotatable bonds is 9. The molecule has 0 aliphatic carbocycles. The number of halogens is 1. The van der Waals surface area contributed by atoms with Gasteiger partial charge in [-0.1, -0.05) is 41.9 Å². The summed E-state index contributed by atoms with van der Waals surface area (Å²) >= 11 is 6.18. The molecule has 2 unspecified atom stereocenters.